The summed E-state index contributed by atoms with van der Waals surface area (Å²) < 4.78 is 11.3. The maximum absolute atomic E-state index is 9.61. The van der Waals surface area contributed by atoms with Crippen molar-refractivity contribution >= 4 is 0 Å². The molecule has 2 aromatic rings. The zero-order valence-corrected chi connectivity index (χ0v) is 14.3. The standard InChI is InChI=1S/C20H26O3/c1-15(21)14-23-19(16-8-6-5-7-9-16)20(2,3)17-10-12-18(22-4)13-11-17/h5-13,15,19,21H,14H2,1-4H3/t15-,19?/m0/s1. The minimum atomic E-state index is -0.493. The Kier molecular flexibility index (Phi) is 5.80. The van der Waals surface area contributed by atoms with Gasteiger partial charge in [0.25, 0.3) is 0 Å². The van der Waals surface area contributed by atoms with Crippen LogP contribution in [0.5, 0.6) is 5.75 Å². The number of aliphatic hydroxyl groups is 1. The molecule has 0 saturated heterocycles. The van der Waals surface area contributed by atoms with Crippen molar-refractivity contribution in [2.45, 2.75) is 38.4 Å². The molecule has 0 aliphatic carbocycles. The SMILES string of the molecule is COc1ccc(C(C)(C)C(OC[C@H](C)O)c2ccccc2)cc1. The van der Waals surface area contributed by atoms with Gasteiger partial charge in [-0.25, -0.2) is 0 Å². The van der Waals surface area contributed by atoms with Crippen molar-refractivity contribution in [3.63, 3.8) is 0 Å². The van der Waals surface area contributed by atoms with Crippen LogP contribution in [-0.4, -0.2) is 24.9 Å². The van der Waals surface area contributed by atoms with E-state index in [1.165, 1.54) is 0 Å². The lowest BCUT2D eigenvalue weighted by atomic mass is 9.76. The highest BCUT2D eigenvalue weighted by Gasteiger charge is 2.33. The number of hydrogen-bond donors (Lipinski definition) is 1. The van der Waals surface area contributed by atoms with Crippen molar-refractivity contribution in [3.8, 4) is 5.75 Å². The predicted octanol–water partition coefficient (Wildman–Crippen LogP) is 4.11. The molecule has 23 heavy (non-hydrogen) atoms. The lowest BCUT2D eigenvalue weighted by molar-refractivity contribution is -0.0355. The Morgan fingerprint density at radius 1 is 1.00 bits per heavy atom. The lowest BCUT2D eigenvalue weighted by Gasteiger charge is -2.35. The maximum Gasteiger partial charge on any atom is 0.118 e. The van der Waals surface area contributed by atoms with Gasteiger partial charge in [0.05, 0.1) is 25.9 Å². The molecular formula is C20H26O3. The zero-order chi connectivity index (χ0) is 16.9. The largest absolute Gasteiger partial charge is 0.497 e. The summed E-state index contributed by atoms with van der Waals surface area (Å²) in [5.74, 6) is 0.839. The van der Waals surface area contributed by atoms with Crippen molar-refractivity contribution in [2.75, 3.05) is 13.7 Å². The fourth-order valence-corrected chi connectivity index (χ4v) is 2.76. The monoisotopic (exact) mass is 314 g/mol. The molecule has 1 N–H and O–H groups in total. The molecule has 0 aliphatic heterocycles. The molecule has 2 atom stereocenters. The van der Waals surface area contributed by atoms with Crippen LogP contribution in [0.1, 0.15) is 38.0 Å². The second-order valence-electron chi connectivity index (χ2n) is 6.42. The van der Waals surface area contributed by atoms with E-state index >= 15 is 0 Å². The summed E-state index contributed by atoms with van der Waals surface area (Å²) in [5, 5.41) is 9.61. The molecule has 1 unspecified atom stereocenters. The summed E-state index contributed by atoms with van der Waals surface area (Å²) >= 11 is 0. The van der Waals surface area contributed by atoms with E-state index < -0.39 is 6.10 Å². The van der Waals surface area contributed by atoms with Crippen molar-refractivity contribution in [2.24, 2.45) is 0 Å². The number of methoxy groups -OCH3 is 1. The normalized spacial score (nSPS) is 14.3. The first-order chi connectivity index (χ1) is 10.9. The van der Waals surface area contributed by atoms with Crippen molar-refractivity contribution in [3.05, 3.63) is 65.7 Å². The van der Waals surface area contributed by atoms with Gasteiger partial charge < -0.3 is 14.6 Å². The quantitative estimate of drug-likeness (QED) is 0.836. The maximum atomic E-state index is 9.61. The van der Waals surface area contributed by atoms with Gasteiger partial charge in [-0.3, -0.25) is 0 Å². The number of benzene rings is 2. The Labute approximate surface area is 138 Å². The van der Waals surface area contributed by atoms with E-state index in [0.717, 1.165) is 16.9 Å². The first-order valence-electron chi connectivity index (χ1n) is 7.94. The van der Waals surface area contributed by atoms with Crippen molar-refractivity contribution in [1.82, 2.24) is 0 Å². The smallest absolute Gasteiger partial charge is 0.118 e. The van der Waals surface area contributed by atoms with Crippen molar-refractivity contribution < 1.29 is 14.6 Å². The van der Waals surface area contributed by atoms with E-state index in [9.17, 15) is 5.11 Å². The van der Waals surface area contributed by atoms with Crippen LogP contribution < -0.4 is 4.74 Å². The van der Waals surface area contributed by atoms with Crippen molar-refractivity contribution in [1.29, 1.82) is 0 Å². The van der Waals surface area contributed by atoms with Crippen LogP contribution in [0.3, 0.4) is 0 Å². The van der Waals surface area contributed by atoms with E-state index in [-0.39, 0.29) is 11.5 Å². The minimum Gasteiger partial charge on any atom is -0.497 e. The Bertz CT molecular complexity index is 588. The van der Waals surface area contributed by atoms with Crippen LogP contribution in [0.25, 0.3) is 0 Å². The van der Waals surface area contributed by atoms with Crippen LogP contribution in [0.4, 0.5) is 0 Å². The highest BCUT2D eigenvalue weighted by Crippen LogP contribution is 2.40. The molecule has 0 radical (unpaired) electrons. The summed E-state index contributed by atoms with van der Waals surface area (Å²) in [6.45, 7) is 6.37. The average Bonchev–Trinajstić information content (AvgIpc) is 2.55. The van der Waals surface area contributed by atoms with Crippen LogP contribution in [0.2, 0.25) is 0 Å². The van der Waals surface area contributed by atoms with E-state index in [0.29, 0.717) is 6.61 Å². The molecule has 124 valence electrons. The van der Waals surface area contributed by atoms with Crippen LogP contribution in [0, 0.1) is 0 Å². The Hall–Kier alpha value is -1.84. The minimum absolute atomic E-state index is 0.147. The van der Waals surface area contributed by atoms with Gasteiger partial charge >= 0.3 is 0 Å². The molecule has 0 saturated carbocycles. The van der Waals surface area contributed by atoms with Gasteiger partial charge in [-0.15, -0.1) is 0 Å². The van der Waals surface area contributed by atoms with Gasteiger partial charge in [-0.2, -0.15) is 0 Å². The van der Waals surface area contributed by atoms with E-state index in [1.807, 2.05) is 30.3 Å². The molecule has 0 heterocycles. The van der Waals surface area contributed by atoms with Gasteiger partial charge in [-0.05, 0) is 30.2 Å². The molecule has 0 bridgehead atoms. The van der Waals surface area contributed by atoms with Gasteiger partial charge in [-0.1, -0.05) is 56.3 Å². The lowest BCUT2D eigenvalue weighted by Crippen LogP contribution is -2.31. The first-order valence-corrected chi connectivity index (χ1v) is 7.94. The van der Waals surface area contributed by atoms with E-state index in [4.69, 9.17) is 9.47 Å². The number of aliphatic hydroxyl groups excluding tert-OH is 1. The fourth-order valence-electron chi connectivity index (χ4n) is 2.76. The Balaban J connectivity index is 2.34. The average molecular weight is 314 g/mol. The third-order valence-corrected chi connectivity index (χ3v) is 4.10. The van der Waals surface area contributed by atoms with Gasteiger partial charge in [0.15, 0.2) is 0 Å². The van der Waals surface area contributed by atoms with Gasteiger partial charge in [0, 0.05) is 5.41 Å². The molecule has 2 rings (SSSR count). The van der Waals surface area contributed by atoms with Gasteiger partial charge in [0.1, 0.15) is 5.75 Å². The summed E-state index contributed by atoms with van der Waals surface area (Å²) in [6, 6.07) is 18.2. The van der Waals surface area contributed by atoms with E-state index in [1.54, 1.807) is 14.0 Å². The molecule has 0 amide bonds. The molecule has 0 aromatic heterocycles. The number of hydrogen-bond acceptors (Lipinski definition) is 3. The third kappa shape index (κ3) is 4.34. The molecular weight excluding hydrogens is 288 g/mol. The topological polar surface area (TPSA) is 38.7 Å². The second kappa shape index (κ2) is 7.62. The highest BCUT2D eigenvalue weighted by molar-refractivity contribution is 5.35. The number of ether oxygens (including phenoxy) is 2. The third-order valence-electron chi connectivity index (χ3n) is 4.10. The van der Waals surface area contributed by atoms with E-state index in [2.05, 4.69) is 38.1 Å². The van der Waals surface area contributed by atoms with Crippen LogP contribution in [0.15, 0.2) is 54.6 Å². The first kappa shape index (κ1) is 17.5. The van der Waals surface area contributed by atoms with Crippen LogP contribution >= 0.6 is 0 Å². The summed E-state index contributed by atoms with van der Waals surface area (Å²) in [7, 11) is 1.67. The molecule has 0 spiro atoms. The summed E-state index contributed by atoms with van der Waals surface area (Å²) in [4.78, 5) is 0. The highest BCUT2D eigenvalue weighted by atomic mass is 16.5. The Morgan fingerprint density at radius 3 is 2.13 bits per heavy atom. The predicted molar refractivity (Wildman–Crippen MR) is 92.8 cm³/mol. The molecule has 2 aromatic carbocycles. The van der Waals surface area contributed by atoms with Crippen LogP contribution in [-0.2, 0) is 10.2 Å². The molecule has 3 nitrogen and oxygen atoms in total. The second-order valence-corrected chi connectivity index (χ2v) is 6.42. The summed E-state index contributed by atoms with van der Waals surface area (Å²) in [6.07, 6.45) is -0.639. The molecule has 3 heteroatoms. The zero-order valence-electron chi connectivity index (χ0n) is 14.3. The summed E-state index contributed by atoms with van der Waals surface area (Å²) in [5.41, 5.74) is 2.02. The molecule has 0 aliphatic rings. The Morgan fingerprint density at radius 2 is 1.61 bits per heavy atom. The molecule has 0 fully saturated rings. The fraction of sp³-hybridized carbons (Fsp3) is 0.400. The number of rotatable bonds is 7. The van der Waals surface area contributed by atoms with Gasteiger partial charge in [0.2, 0.25) is 0 Å².